The van der Waals surface area contributed by atoms with E-state index in [1.54, 1.807) is 23.0 Å². The molecule has 3 heterocycles. The summed E-state index contributed by atoms with van der Waals surface area (Å²) in [6, 6.07) is 5.65. The van der Waals surface area contributed by atoms with Crippen molar-refractivity contribution in [2.24, 2.45) is 0 Å². The van der Waals surface area contributed by atoms with E-state index in [1.165, 1.54) is 0 Å². The van der Waals surface area contributed by atoms with E-state index >= 15 is 0 Å². The summed E-state index contributed by atoms with van der Waals surface area (Å²) >= 11 is 0. The summed E-state index contributed by atoms with van der Waals surface area (Å²) < 4.78 is 38.5. The van der Waals surface area contributed by atoms with Crippen molar-refractivity contribution in [2.75, 3.05) is 30.9 Å². The topological polar surface area (TPSA) is 132 Å². The maximum atomic E-state index is 13.3. The molecule has 1 aliphatic rings. The number of aromatic nitrogens is 4. The quantitative estimate of drug-likeness (QED) is 0.269. The molecule has 0 aliphatic carbocycles. The number of nitrogens with one attached hydrogen (secondary N) is 2. The van der Waals surface area contributed by atoms with Gasteiger partial charge in [0.25, 0.3) is 0 Å². The molecule has 1 atom stereocenters. The zero-order valence-corrected chi connectivity index (χ0v) is 21.0. The highest BCUT2D eigenvalue weighted by Gasteiger charge is 2.19. The number of rotatable bonds is 13. The number of hydrogen-bond donors (Lipinski definition) is 4. The molecule has 1 saturated heterocycles. The van der Waals surface area contributed by atoms with E-state index in [1.807, 2.05) is 6.07 Å². The Bertz CT molecular complexity index is 1150. The van der Waals surface area contributed by atoms with Crippen molar-refractivity contribution in [2.45, 2.75) is 70.8 Å². The summed E-state index contributed by atoms with van der Waals surface area (Å²) in [5.41, 5.74) is 8.45. The molecule has 0 radical (unpaired) electrons. The van der Waals surface area contributed by atoms with Crippen molar-refractivity contribution in [1.29, 1.82) is 0 Å². The Morgan fingerprint density at radius 1 is 1.24 bits per heavy atom. The van der Waals surface area contributed by atoms with Crippen LogP contribution in [-0.4, -0.2) is 63.4 Å². The molecular formula is C25H35F2N7O3. The Balaban J connectivity index is 1.59. The fourth-order valence-corrected chi connectivity index (χ4v) is 4.59. The van der Waals surface area contributed by atoms with Crippen molar-refractivity contribution in [3.05, 3.63) is 35.5 Å². The summed E-state index contributed by atoms with van der Waals surface area (Å²) in [5.74, 6) is 0.678. The molecule has 1 fully saturated rings. The molecule has 0 saturated carbocycles. The molecule has 0 amide bonds. The van der Waals surface area contributed by atoms with Gasteiger partial charge in [-0.05, 0) is 37.3 Å². The first-order valence-corrected chi connectivity index (χ1v) is 12.7. The summed E-state index contributed by atoms with van der Waals surface area (Å²) in [5, 5.41) is 20.7. The van der Waals surface area contributed by atoms with Gasteiger partial charge in [-0.3, -0.25) is 4.68 Å². The lowest BCUT2D eigenvalue weighted by molar-refractivity contribution is -0.0505. The average Bonchev–Trinajstić information content (AvgIpc) is 3.27. The average molecular weight is 520 g/mol. The van der Waals surface area contributed by atoms with Gasteiger partial charge < -0.3 is 30.9 Å². The van der Waals surface area contributed by atoms with Gasteiger partial charge in [-0.2, -0.15) is 18.9 Å². The number of benzene rings is 1. The molecule has 0 bridgehead atoms. The Morgan fingerprint density at radius 3 is 2.78 bits per heavy atom. The van der Waals surface area contributed by atoms with Gasteiger partial charge in [0.05, 0.1) is 12.7 Å². The molecule has 3 aromatic rings. The molecule has 12 heteroatoms. The minimum absolute atomic E-state index is 0.0175. The fraction of sp³-hybridized carbons (Fsp3) is 0.560. The van der Waals surface area contributed by atoms with Crippen LogP contribution in [0.1, 0.15) is 50.2 Å². The van der Waals surface area contributed by atoms with E-state index in [2.05, 4.69) is 32.6 Å². The predicted octanol–water partition coefficient (Wildman–Crippen LogP) is 3.29. The molecule has 4 rings (SSSR count). The van der Waals surface area contributed by atoms with Crippen LogP contribution in [0.25, 0.3) is 11.0 Å². The van der Waals surface area contributed by atoms with Gasteiger partial charge in [-0.1, -0.05) is 25.5 Å². The molecule has 2 aromatic heterocycles. The van der Waals surface area contributed by atoms with Gasteiger partial charge in [-0.25, -0.2) is 4.98 Å². The van der Waals surface area contributed by atoms with Gasteiger partial charge in [-0.15, -0.1) is 0 Å². The first-order chi connectivity index (χ1) is 18.0. The predicted molar refractivity (Wildman–Crippen MR) is 137 cm³/mol. The number of nitrogens with two attached hydrogens (primary N) is 1. The Hall–Kier alpha value is -3.09. The third-order valence-electron chi connectivity index (χ3n) is 6.45. The maximum Gasteiger partial charge on any atom is 0.387 e. The lowest BCUT2D eigenvalue weighted by Crippen LogP contribution is -2.34. The van der Waals surface area contributed by atoms with Gasteiger partial charge in [0.1, 0.15) is 16.8 Å². The highest BCUT2D eigenvalue weighted by molar-refractivity contribution is 5.86. The van der Waals surface area contributed by atoms with Crippen LogP contribution in [0.5, 0.6) is 5.75 Å². The molecule has 0 unspecified atom stereocenters. The molecular weight excluding hydrogens is 484 g/mol. The molecule has 5 N–H and O–H groups in total. The second-order valence-corrected chi connectivity index (χ2v) is 9.20. The number of aliphatic hydroxyl groups excluding tert-OH is 1. The van der Waals surface area contributed by atoms with Gasteiger partial charge in [0, 0.05) is 44.0 Å². The minimum Gasteiger partial charge on any atom is -0.434 e. The molecule has 0 spiro atoms. The fourth-order valence-electron chi connectivity index (χ4n) is 4.59. The molecule has 10 nitrogen and oxygen atoms in total. The highest BCUT2D eigenvalue weighted by atomic mass is 19.3. The van der Waals surface area contributed by atoms with Crippen molar-refractivity contribution in [1.82, 2.24) is 25.1 Å². The van der Waals surface area contributed by atoms with Crippen LogP contribution in [-0.2, 0) is 17.8 Å². The van der Waals surface area contributed by atoms with Gasteiger partial charge in [0.15, 0.2) is 5.82 Å². The van der Waals surface area contributed by atoms with Gasteiger partial charge >= 0.3 is 6.61 Å². The maximum absolute atomic E-state index is 13.3. The van der Waals surface area contributed by atoms with Crippen molar-refractivity contribution in [3.63, 3.8) is 0 Å². The number of aliphatic hydroxyl groups is 1. The summed E-state index contributed by atoms with van der Waals surface area (Å²) in [6.07, 6.45) is 5.71. The third kappa shape index (κ3) is 7.24. The van der Waals surface area contributed by atoms with Crippen LogP contribution < -0.4 is 21.1 Å². The number of nitrogen functional groups attached to an aromatic ring is 1. The van der Waals surface area contributed by atoms with Crippen molar-refractivity contribution >= 4 is 22.8 Å². The SMILES string of the molecule is CCC[C@@H](CCO)Nc1nc(N)nc2cnn(Cc3ccc(CNC4CCOCC4)cc3OC(F)F)c12. The van der Waals surface area contributed by atoms with E-state index in [4.69, 9.17) is 15.2 Å². The number of nitrogens with zero attached hydrogens (tertiary/aromatic N) is 4. The summed E-state index contributed by atoms with van der Waals surface area (Å²) in [7, 11) is 0. The van der Waals surface area contributed by atoms with Crippen LogP contribution in [0.2, 0.25) is 0 Å². The number of fused-ring (bicyclic) bond motifs is 1. The molecule has 37 heavy (non-hydrogen) atoms. The lowest BCUT2D eigenvalue weighted by atomic mass is 10.1. The Kier molecular flexibility index (Phi) is 9.42. The highest BCUT2D eigenvalue weighted by Crippen LogP contribution is 2.28. The summed E-state index contributed by atoms with van der Waals surface area (Å²) in [4.78, 5) is 8.66. The van der Waals surface area contributed by atoms with Crippen LogP contribution in [0.4, 0.5) is 20.5 Å². The first kappa shape index (κ1) is 27.0. The molecule has 202 valence electrons. The van der Waals surface area contributed by atoms with E-state index in [9.17, 15) is 13.9 Å². The smallest absolute Gasteiger partial charge is 0.387 e. The van der Waals surface area contributed by atoms with Crippen LogP contribution in [0.15, 0.2) is 24.4 Å². The van der Waals surface area contributed by atoms with E-state index in [-0.39, 0.29) is 30.9 Å². The largest absolute Gasteiger partial charge is 0.434 e. The number of alkyl halides is 2. The number of halogens is 2. The lowest BCUT2D eigenvalue weighted by Gasteiger charge is -2.23. The molecule has 1 aromatic carbocycles. The molecule has 1 aliphatic heterocycles. The normalized spacial score (nSPS) is 15.4. The zero-order chi connectivity index (χ0) is 26.2. The minimum atomic E-state index is -2.96. The second-order valence-electron chi connectivity index (χ2n) is 9.20. The van der Waals surface area contributed by atoms with E-state index < -0.39 is 6.61 Å². The van der Waals surface area contributed by atoms with Crippen molar-refractivity contribution < 1.29 is 23.4 Å². The van der Waals surface area contributed by atoms with Crippen molar-refractivity contribution in [3.8, 4) is 5.75 Å². The van der Waals surface area contributed by atoms with Crippen LogP contribution in [0.3, 0.4) is 0 Å². The number of hydrogen-bond acceptors (Lipinski definition) is 9. The summed E-state index contributed by atoms with van der Waals surface area (Å²) in [6.45, 7) is 1.29. The van der Waals surface area contributed by atoms with E-state index in [0.717, 1.165) is 44.5 Å². The number of anilines is 2. The third-order valence-corrected chi connectivity index (χ3v) is 6.45. The zero-order valence-electron chi connectivity index (χ0n) is 21.0. The van der Waals surface area contributed by atoms with Crippen LogP contribution >= 0.6 is 0 Å². The van der Waals surface area contributed by atoms with E-state index in [0.29, 0.717) is 41.4 Å². The van der Waals surface area contributed by atoms with Crippen LogP contribution in [0, 0.1) is 0 Å². The Morgan fingerprint density at radius 2 is 2.05 bits per heavy atom. The van der Waals surface area contributed by atoms with Gasteiger partial charge in [0.2, 0.25) is 5.95 Å². The Labute approximate surface area is 214 Å². The first-order valence-electron chi connectivity index (χ1n) is 12.7. The second kappa shape index (κ2) is 12.9. The monoisotopic (exact) mass is 519 g/mol. The number of ether oxygens (including phenoxy) is 2. The standard InChI is InChI=1S/C25H35F2N7O3/c1-2-3-19(6-9-35)31-23-22-20(32-25(28)33-23)14-30-34(22)15-17-5-4-16(12-21(17)37-24(26)27)13-29-18-7-10-36-11-8-18/h4-5,12,14,18-19,24,29,35H,2-3,6-11,13,15H2,1H3,(H3,28,31,32,33)/t19-/m0/s1.